The number of carbonyl (C=O) groups is 2. The highest BCUT2D eigenvalue weighted by atomic mass is 79.9. The van der Waals surface area contributed by atoms with Gasteiger partial charge in [-0.3, -0.25) is 4.79 Å². The fraction of sp³-hybridized carbons (Fsp3) is 0.304. The van der Waals surface area contributed by atoms with E-state index in [-0.39, 0.29) is 12.4 Å². The number of thiophene rings is 1. The lowest BCUT2D eigenvalue weighted by atomic mass is 10.1. The van der Waals surface area contributed by atoms with Gasteiger partial charge < -0.3 is 9.30 Å². The Morgan fingerprint density at radius 2 is 1.90 bits per heavy atom. The molecule has 0 unspecified atom stereocenters. The number of esters is 1. The number of nitrogens with zero attached hydrogens (tertiary/aromatic N) is 1. The summed E-state index contributed by atoms with van der Waals surface area (Å²) in [6, 6.07) is 11.6. The summed E-state index contributed by atoms with van der Waals surface area (Å²) in [5, 5.41) is 0. The molecular weight excluding hydrogens is 450 g/mol. The SMILES string of the molecule is CCCc1cc(C(=O)OCC(=O)c2cc(C)n(-c3cccc(Br)c3)c2C)sc1C. The molecule has 0 amide bonds. The Morgan fingerprint density at radius 1 is 1.14 bits per heavy atom. The van der Waals surface area contributed by atoms with Crippen molar-refractivity contribution in [2.45, 2.75) is 40.5 Å². The molecule has 0 aliphatic carbocycles. The summed E-state index contributed by atoms with van der Waals surface area (Å²) in [7, 11) is 0. The van der Waals surface area contributed by atoms with E-state index < -0.39 is 5.97 Å². The van der Waals surface area contributed by atoms with Gasteiger partial charge in [-0.15, -0.1) is 11.3 Å². The average molecular weight is 474 g/mol. The highest BCUT2D eigenvalue weighted by Gasteiger charge is 2.20. The summed E-state index contributed by atoms with van der Waals surface area (Å²) in [5.41, 5.74) is 4.51. The second-order valence-corrected chi connectivity index (χ2v) is 9.21. The Balaban J connectivity index is 1.74. The second kappa shape index (κ2) is 9.09. The van der Waals surface area contributed by atoms with Crippen LogP contribution >= 0.6 is 27.3 Å². The molecule has 152 valence electrons. The Kier molecular flexibility index (Phi) is 6.75. The normalized spacial score (nSPS) is 10.9. The Morgan fingerprint density at radius 3 is 2.59 bits per heavy atom. The van der Waals surface area contributed by atoms with Crippen molar-refractivity contribution in [2.24, 2.45) is 0 Å². The van der Waals surface area contributed by atoms with E-state index in [0.717, 1.165) is 39.3 Å². The molecule has 2 heterocycles. The van der Waals surface area contributed by atoms with E-state index in [0.29, 0.717) is 10.4 Å². The number of carbonyl (C=O) groups excluding carboxylic acids is 2. The molecule has 0 bridgehead atoms. The van der Waals surface area contributed by atoms with E-state index in [1.165, 1.54) is 16.9 Å². The predicted octanol–water partition coefficient (Wildman–Crippen LogP) is 6.22. The maximum atomic E-state index is 12.7. The van der Waals surface area contributed by atoms with Gasteiger partial charge in [-0.1, -0.05) is 35.3 Å². The minimum atomic E-state index is -0.436. The molecule has 3 aromatic rings. The smallest absolute Gasteiger partial charge is 0.348 e. The van der Waals surface area contributed by atoms with Crippen LogP contribution in [0, 0.1) is 20.8 Å². The van der Waals surface area contributed by atoms with Crippen LogP contribution in [0.25, 0.3) is 5.69 Å². The van der Waals surface area contributed by atoms with E-state index in [4.69, 9.17) is 4.74 Å². The van der Waals surface area contributed by atoms with E-state index in [1.807, 2.05) is 61.7 Å². The lowest BCUT2D eigenvalue weighted by Crippen LogP contribution is -2.14. The van der Waals surface area contributed by atoms with Crippen LogP contribution in [-0.2, 0) is 11.2 Å². The summed E-state index contributed by atoms with van der Waals surface area (Å²) in [4.78, 5) is 26.8. The molecule has 0 radical (unpaired) electrons. The molecule has 3 rings (SSSR count). The van der Waals surface area contributed by atoms with Gasteiger partial charge in [0.1, 0.15) is 4.88 Å². The largest absolute Gasteiger partial charge is 0.453 e. The maximum absolute atomic E-state index is 12.7. The third kappa shape index (κ3) is 4.70. The van der Waals surface area contributed by atoms with Crippen molar-refractivity contribution in [3.63, 3.8) is 0 Å². The molecular formula is C23H24BrNO3S. The monoisotopic (exact) mass is 473 g/mol. The van der Waals surface area contributed by atoms with E-state index in [9.17, 15) is 9.59 Å². The molecule has 0 aliphatic heterocycles. The van der Waals surface area contributed by atoms with Crippen LogP contribution in [0.3, 0.4) is 0 Å². The molecule has 0 spiro atoms. The van der Waals surface area contributed by atoms with Crippen molar-refractivity contribution >= 4 is 39.0 Å². The molecule has 0 atom stereocenters. The van der Waals surface area contributed by atoms with Crippen LogP contribution < -0.4 is 0 Å². The van der Waals surface area contributed by atoms with Crippen molar-refractivity contribution in [1.29, 1.82) is 0 Å². The van der Waals surface area contributed by atoms with Crippen molar-refractivity contribution in [3.05, 3.63) is 73.1 Å². The molecule has 0 fully saturated rings. The summed E-state index contributed by atoms with van der Waals surface area (Å²) in [6.07, 6.45) is 1.97. The Labute approximate surface area is 183 Å². The van der Waals surface area contributed by atoms with Gasteiger partial charge in [0.05, 0.1) is 0 Å². The number of hydrogen-bond donors (Lipinski definition) is 0. The Bertz CT molecular complexity index is 1060. The number of ether oxygens (including phenoxy) is 1. The van der Waals surface area contributed by atoms with Gasteiger partial charge in [0, 0.05) is 32.0 Å². The number of aromatic nitrogens is 1. The third-order valence-corrected chi connectivity index (χ3v) is 6.44. The topological polar surface area (TPSA) is 48.3 Å². The number of aryl methyl sites for hydroxylation is 3. The first-order chi connectivity index (χ1) is 13.8. The highest BCUT2D eigenvalue weighted by molar-refractivity contribution is 9.10. The third-order valence-electron chi connectivity index (χ3n) is 4.87. The van der Waals surface area contributed by atoms with Gasteiger partial charge in [-0.05, 0) is 63.1 Å². The zero-order valence-corrected chi connectivity index (χ0v) is 19.4. The summed E-state index contributed by atoms with van der Waals surface area (Å²) in [6.45, 7) is 7.72. The predicted molar refractivity (Wildman–Crippen MR) is 121 cm³/mol. The van der Waals surface area contributed by atoms with E-state index in [1.54, 1.807) is 0 Å². The van der Waals surface area contributed by atoms with Crippen LogP contribution in [0.5, 0.6) is 0 Å². The number of ketones is 1. The van der Waals surface area contributed by atoms with Gasteiger partial charge in [0.15, 0.2) is 6.61 Å². The summed E-state index contributed by atoms with van der Waals surface area (Å²) < 4.78 is 8.32. The first kappa shape index (κ1) is 21.5. The number of halogens is 1. The molecule has 0 saturated carbocycles. The maximum Gasteiger partial charge on any atom is 0.348 e. The quantitative estimate of drug-likeness (QED) is 0.302. The van der Waals surface area contributed by atoms with Crippen LogP contribution in [0.2, 0.25) is 0 Å². The molecule has 0 saturated heterocycles. The van der Waals surface area contributed by atoms with Gasteiger partial charge in [0.2, 0.25) is 5.78 Å². The molecule has 0 N–H and O–H groups in total. The molecule has 2 aromatic heterocycles. The minimum absolute atomic E-state index is 0.199. The first-order valence-electron chi connectivity index (χ1n) is 9.56. The van der Waals surface area contributed by atoms with Crippen molar-refractivity contribution < 1.29 is 14.3 Å². The average Bonchev–Trinajstić information content (AvgIpc) is 3.19. The van der Waals surface area contributed by atoms with Gasteiger partial charge >= 0.3 is 5.97 Å². The number of Topliss-reactive ketones (excluding diaryl/α,β-unsaturated/α-hetero) is 1. The Hall–Kier alpha value is -2.18. The van der Waals surface area contributed by atoms with E-state index >= 15 is 0 Å². The summed E-state index contributed by atoms with van der Waals surface area (Å²) in [5.74, 6) is -0.635. The van der Waals surface area contributed by atoms with Gasteiger partial charge in [-0.25, -0.2) is 4.79 Å². The second-order valence-electron chi connectivity index (χ2n) is 7.04. The van der Waals surface area contributed by atoms with E-state index in [2.05, 4.69) is 22.9 Å². The van der Waals surface area contributed by atoms with Gasteiger partial charge in [-0.2, -0.15) is 0 Å². The van der Waals surface area contributed by atoms with Gasteiger partial charge in [0.25, 0.3) is 0 Å². The van der Waals surface area contributed by atoms with Crippen LogP contribution in [0.4, 0.5) is 0 Å². The highest BCUT2D eigenvalue weighted by Crippen LogP contribution is 2.25. The zero-order valence-electron chi connectivity index (χ0n) is 17.0. The lowest BCUT2D eigenvalue weighted by molar-refractivity contribution is 0.0479. The number of rotatable bonds is 7. The number of benzene rings is 1. The van der Waals surface area contributed by atoms with Crippen LogP contribution in [-0.4, -0.2) is 22.9 Å². The molecule has 6 heteroatoms. The summed E-state index contributed by atoms with van der Waals surface area (Å²) >= 11 is 4.91. The number of hydrogen-bond acceptors (Lipinski definition) is 4. The van der Waals surface area contributed by atoms with Crippen molar-refractivity contribution in [2.75, 3.05) is 6.61 Å². The van der Waals surface area contributed by atoms with Crippen molar-refractivity contribution in [1.82, 2.24) is 4.57 Å². The standard InChI is InChI=1S/C23H24BrNO3S/c1-5-7-17-11-22(29-16(17)4)23(27)28-13-21(26)20-10-14(2)25(15(20)3)19-9-6-8-18(24)12-19/h6,8-12H,5,7,13H2,1-4H3. The molecule has 0 aliphatic rings. The lowest BCUT2D eigenvalue weighted by Gasteiger charge is -2.10. The fourth-order valence-electron chi connectivity index (χ4n) is 3.48. The first-order valence-corrected chi connectivity index (χ1v) is 11.2. The minimum Gasteiger partial charge on any atom is -0.453 e. The zero-order chi connectivity index (χ0) is 21.1. The van der Waals surface area contributed by atoms with Crippen molar-refractivity contribution in [3.8, 4) is 5.69 Å². The van der Waals surface area contributed by atoms with Crippen LogP contribution in [0.15, 0.2) is 40.9 Å². The molecule has 4 nitrogen and oxygen atoms in total. The molecule has 1 aromatic carbocycles. The van der Waals surface area contributed by atoms with Crippen LogP contribution in [0.1, 0.15) is 55.2 Å². The molecule has 29 heavy (non-hydrogen) atoms. The fourth-order valence-corrected chi connectivity index (χ4v) is 4.83.